The molecule has 1 saturated heterocycles. The van der Waals surface area contributed by atoms with Gasteiger partial charge in [-0.05, 0) is 32.4 Å². The monoisotopic (exact) mass is 345 g/mol. The van der Waals surface area contributed by atoms with Crippen LogP contribution in [0.5, 0.6) is 0 Å². The molecular weight excluding hydrogens is 318 g/mol. The molecule has 2 heterocycles. The zero-order valence-corrected chi connectivity index (χ0v) is 15.0. The first-order valence-corrected chi connectivity index (χ1v) is 8.04. The number of carbonyl (C=O) groups is 1. The van der Waals surface area contributed by atoms with Crippen molar-refractivity contribution in [1.82, 2.24) is 15.8 Å². The number of nitrogens with zero attached hydrogens (tertiary/aromatic N) is 1. The SMILES string of the molecule is CCC(C)c1cc(C(=O)NCC2(COC)CCNCC2)on1.Cl. The first kappa shape index (κ1) is 19.9. The third kappa shape index (κ3) is 5.19. The van der Waals surface area contributed by atoms with E-state index in [-0.39, 0.29) is 29.5 Å². The Morgan fingerprint density at radius 1 is 1.52 bits per heavy atom. The average molecular weight is 346 g/mol. The third-order valence-corrected chi connectivity index (χ3v) is 4.61. The Balaban J connectivity index is 0.00000264. The standard InChI is InChI=1S/C16H27N3O3.ClH/c1-4-12(2)13-9-14(22-19-13)15(20)18-10-16(11-21-3)5-7-17-8-6-16;/h9,12,17H,4-8,10-11H2,1-3H3,(H,18,20);1H. The van der Waals surface area contributed by atoms with E-state index in [9.17, 15) is 4.79 Å². The number of hydrogen-bond acceptors (Lipinski definition) is 5. The highest BCUT2D eigenvalue weighted by molar-refractivity contribution is 5.91. The minimum absolute atomic E-state index is 0. The summed E-state index contributed by atoms with van der Waals surface area (Å²) in [5.74, 6) is 0.391. The van der Waals surface area contributed by atoms with E-state index in [0.29, 0.717) is 19.1 Å². The fourth-order valence-corrected chi connectivity index (χ4v) is 2.83. The highest BCUT2D eigenvalue weighted by atomic mass is 35.5. The maximum Gasteiger partial charge on any atom is 0.289 e. The molecule has 2 rings (SSSR count). The minimum Gasteiger partial charge on any atom is -0.384 e. The Bertz CT molecular complexity index is 481. The highest BCUT2D eigenvalue weighted by Crippen LogP contribution is 2.28. The Kier molecular flexibility index (Phi) is 8.02. The maximum absolute atomic E-state index is 12.3. The Labute approximate surface area is 144 Å². The number of rotatable bonds is 7. The lowest BCUT2D eigenvalue weighted by atomic mass is 9.79. The van der Waals surface area contributed by atoms with Crippen molar-refractivity contribution in [2.45, 2.75) is 39.0 Å². The van der Waals surface area contributed by atoms with Crippen LogP contribution in [0, 0.1) is 5.41 Å². The van der Waals surface area contributed by atoms with Gasteiger partial charge in [0.05, 0.1) is 12.3 Å². The molecule has 0 aliphatic carbocycles. The fourth-order valence-electron chi connectivity index (χ4n) is 2.83. The highest BCUT2D eigenvalue weighted by Gasteiger charge is 2.33. The number of methoxy groups -OCH3 is 1. The number of aromatic nitrogens is 1. The van der Waals surface area contributed by atoms with E-state index in [4.69, 9.17) is 9.26 Å². The van der Waals surface area contributed by atoms with Crippen LogP contribution in [0.1, 0.15) is 55.3 Å². The summed E-state index contributed by atoms with van der Waals surface area (Å²) in [7, 11) is 1.71. The topological polar surface area (TPSA) is 76.4 Å². The van der Waals surface area contributed by atoms with Crippen molar-refractivity contribution in [3.05, 3.63) is 17.5 Å². The summed E-state index contributed by atoms with van der Waals surface area (Å²) in [6.45, 7) is 7.33. The molecule has 1 fully saturated rings. The molecule has 2 N–H and O–H groups in total. The zero-order valence-electron chi connectivity index (χ0n) is 14.2. The van der Waals surface area contributed by atoms with Crippen LogP contribution >= 0.6 is 12.4 Å². The molecule has 0 bridgehead atoms. The van der Waals surface area contributed by atoms with Crippen molar-refractivity contribution in [2.75, 3.05) is 33.4 Å². The van der Waals surface area contributed by atoms with E-state index in [0.717, 1.165) is 38.0 Å². The second kappa shape index (κ2) is 9.25. The second-order valence-corrected chi connectivity index (χ2v) is 6.29. The first-order valence-electron chi connectivity index (χ1n) is 8.04. The minimum atomic E-state index is -0.198. The van der Waals surface area contributed by atoms with Crippen LogP contribution in [-0.4, -0.2) is 44.4 Å². The molecule has 1 unspecified atom stereocenters. The predicted octanol–water partition coefficient (Wildman–Crippen LogP) is 2.36. The molecule has 1 aromatic rings. The van der Waals surface area contributed by atoms with E-state index in [2.05, 4.69) is 29.6 Å². The molecule has 23 heavy (non-hydrogen) atoms. The molecule has 1 amide bonds. The van der Waals surface area contributed by atoms with Crippen molar-refractivity contribution >= 4 is 18.3 Å². The van der Waals surface area contributed by atoms with E-state index in [1.54, 1.807) is 13.2 Å². The average Bonchev–Trinajstić information content (AvgIpc) is 3.03. The number of halogens is 1. The van der Waals surface area contributed by atoms with Crippen molar-refractivity contribution in [3.63, 3.8) is 0 Å². The number of ether oxygens (including phenoxy) is 1. The first-order chi connectivity index (χ1) is 10.6. The Morgan fingerprint density at radius 2 is 2.22 bits per heavy atom. The van der Waals surface area contributed by atoms with Gasteiger partial charge >= 0.3 is 0 Å². The molecule has 6 nitrogen and oxygen atoms in total. The number of carbonyl (C=O) groups excluding carboxylic acids is 1. The smallest absolute Gasteiger partial charge is 0.289 e. The molecule has 0 aromatic carbocycles. The van der Waals surface area contributed by atoms with Gasteiger partial charge < -0.3 is 19.9 Å². The van der Waals surface area contributed by atoms with Gasteiger partial charge in [0.2, 0.25) is 5.76 Å². The molecule has 1 atom stereocenters. The number of nitrogens with one attached hydrogen (secondary N) is 2. The predicted molar refractivity (Wildman–Crippen MR) is 91.2 cm³/mol. The van der Waals surface area contributed by atoms with E-state index >= 15 is 0 Å². The van der Waals surface area contributed by atoms with Crippen LogP contribution in [0.15, 0.2) is 10.6 Å². The molecule has 1 aromatic heterocycles. The van der Waals surface area contributed by atoms with Crippen LogP contribution in [-0.2, 0) is 4.74 Å². The van der Waals surface area contributed by atoms with Crippen molar-refractivity contribution < 1.29 is 14.1 Å². The van der Waals surface area contributed by atoms with Crippen LogP contribution in [0.25, 0.3) is 0 Å². The second-order valence-electron chi connectivity index (χ2n) is 6.29. The van der Waals surface area contributed by atoms with Gasteiger partial charge in [-0.25, -0.2) is 0 Å². The van der Waals surface area contributed by atoms with Crippen molar-refractivity contribution in [3.8, 4) is 0 Å². The largest absolute Gasteiger partial charge is 0.384 e. The molecule has 0 spiro atoms. The van der Waals surface area contributed by atoms with Crippen LogP contribution in [0.4, 0.5) is 0 Å². The van der Waals surface area contributed by atoms with E-state index in [1.165, 1.54) is 0 Å². The quantitative estimate of drug-likeness (QED) is 0.793. The Morgan fingerprint density at radius 3 is 2.83 bits per heavy atom. The van der Waals surface area contributed by atoms with Crippen molar-refractivity contribution in [1.29, 1.82) is 0 Å². The zero-order chi connectivity index (χ0) is 16.0. The number of amides is 1. The Hall–Kier alpha value is -1.11. The molecule has 0 radical (unpaired) electrons. The summed E-state index contributed by atoms with van der Waals surface area (Å²) in [6, 6.07) is 1.74. The van der Waals surface area contributed by atoms with Gasteiger partial charge in [-0.15, -0.1) is 12.4 Å². The summed E-state index contributed by atoms with van der Waals surface area (Å²) in [5.41, 5.74) is 0.844. The van der Waals surface area contributed by atoms with Gasteiger partial charge in [-0.2, -0.15) is 0 Å². The molecule has 1 aliphatic rings. The number of hydrogen-bond donors (Lipinski definition) is 2. The van der Waals surface area contributed by atoms with Gasteiger partial charge in [0.15, 0.2) is 0 Å². The van der Waals surface area contributed by atoms with Crippen LogP contribution in [0.2, 0.25) is 0 Å². The summed E-state index contributed by atoms with van der Waals surface area (Å²) in [4.78, 5) is 12.3. The molecule has 132 valence electrons. The molecular formula is C16H28ClN3O3. The van der Waals surface area contributed by atoms with Gasteiger partial charge in [-0.1, -0.05) is 19.0 Å². The van der Waals surface area contributed by atoms with Gasteiger partial charge in [0.1, 0.15) is 0 Å². The van der Waals surface area contributed by atoms with Crippen molar-refractivity contribution in [2.24, 2.45) is 5.41 Å². The van der Waals surface area contributed by atoms with E-state index in [1.807, 2.05) is 0 Å². The summed E-state index contributed by atoms with van der Waals surface area (Å²) < 4.78 is 10.5. The van der Waals surface area contributed by atoms with Gasteiger partial charge in [0.25, 0.3) is 5.91 Å². The molecule has 1 aliphatic heterocycles. The third-order valence-electron chi connectivity index (χ3n) is 4.61. The summed E-state index contributed by atoms with van der Waals surface area (Å²) in [6.07, 6.45) is 2.96. The maximum atomic E-state index is 12.3. The number of piperidine rings is 1. The van der Waals surface area contributed by atoms with Gasteiger partial charge in [-0.3, -0.25) is 4.79 Å². The normalized spacial score (nSPS) is 18.0. The lowest BCUT2D eigenvalue weighted by Crippen LogP contribution is -2.47. The lowest BCUT2D eigenvalue weighted by Gasteiger charge is -2.37. The molecule has 7 heteroatoms. The van der Waals surface area contributed by atoms with E-state index < -0.39 is 0 Å². The van der Waals surface area contributed by atoms with Crippen LogP contribution in [0.3, 0.4) is 0 Å². The lowest BCUT2D eigenvalue weighted by molar-refractivity contribution is 0.0504. The summed E-state index contributed by atoms with van der Waals surface area (Å²) >= 11 is 0. The van der Waals surface area contributed by atoms with Crippen LogP contribution < -0.4 is 10.6 Å². The summed E-state index contributed by atoms with van der Waals surface area (Å²) in [5, 5.41) is 10.3. The van der Waals surface area contributed by atoms with Gasteiger partial charge in [0, 0.05) is 31.1 Å². The molecule has 0 saturated carbocycles. The fraction of sp³-hybridized carbons (Fsp3) is 0.750.